The molecular formula is C11H14O5. The molecule has 0 aromatic heterocycles. The highest BCUT2D eigenvalue weighted by Crippen LogP contribution is 2.23. The maximum absolute atomic E-state index is 11.0. The predicted molar refractivity (Wildman–Crippen MR) is 56.5 cm³/mol. The first kappa shape index (κ1) is 12.2. The number of rotatable bonds is 4. The molecule has 5 heteroatoms. The summed E-state index contributed by atoms with van der Waals surface area (Å²) in [7, 11) is 4.42. The van der Waals surface area contributed by atoms with Crippen LogP contribution < -0.4 is 0 Å². The third-order valence-corrected chi connectivity index (χ3v) is 2.18. The van der Waals surface area contributed by atoms with Gasteiger partial charge in [0.15, 0.2) is 11.5 Å². The highest BCUT2D eigenvalue weighted by atomic mass is 16.5. The summed E-state index contributed by atoms with van der Waals surface area (Å²) >= 11 is 0. The van der Waals surface area contributed by atoms with E-state index in [9.17, 15) is 4.79 Å². The van der Waals surface area contributed by atoms with Crippen LogP contribution in [0.1, 0.15) is 6.42 Å². The number of hydrogen-bond acceptors (Lipinski definition) is 4. The first-order valence-corrected chi connectivity index (χ1v) is 4.63. The lowest BCUT2D eigenvalue weighted by atomic mass is 10.1. The van der Waals surface area contributed by atoms with Crippen LogP contribution in [0.3, 0.4) is 0 Å². The Labute approximate surface area is 93.6 Å². The average molecular weight is 226 g/mol. The van der Waals surface area contributed by atoms with Gasteiger partial charge in [-0.05, 0) is 6.08 Å². The van der Waals surface area contributed by atoms with E-state index >= 15 is 0 Å². The Kier molecular flexibility index (Phi) is 3.99. The number of allylic oxidation sites excluding steroid dienone is 3. The lowest BCUT2D eigenvalue weighted by Crippen LogP contribution is -2.02. The summed E-state index contributed by atoms with van der Waals surface area (Å²) in [6.07, 6.45) is 3.25. The van der Waals surface area contributed by atoms with E-state index in [1.54, 1.807) is 6.08 Å². The third-order valence-electron chi connectivity index (χ3n) is 2.18. The maximum Gasteiger partial charge on any atom is 0.332 e. The van der Waals surface area contributed by atoms with Crippen LogP contribution in [0.15, 0.2) is 35.0 Å². The van der Waals surface area contributed by atoms with Crippen LogP contribution in [0, 0.1) is 0 Å². The average Bonchev–Trinajstić information content (AvgIpc) is 2.47. The van der Waals surface area contributed by atoms with Crippen molar-refractivity contribution in [1.82, 2.24) is 0 Å². The van der Waals surface area contributed by atoms with Gasteiger partial charge in [0, 0.05) is 18.1 Å². The number of methoxy groups -OCH3 is 3. The number of ether oxygens (including phenoxy) is 3. The molecule has 0 unspecified atom stereocenters. The molecular weight excluding hydrogens is 212 g/mol. The summed E-state index contributed by atoms with van der Waals surface area (Å²) in [6, 6.07) is 0. The van der Waals surface area contributed by atoms with Gasteiger partial charge in [-0.3, -0.25) is 0 Å². The van der Waals surface area contributed by atoms with Crippen molar-refractivity contribution in [3.63, 3.8) is 0 Å². The topological polar surface area (TPSA) is 65.0 Å². The first-order valence-electron chi connectivity index (χ1n) is 4.63. The highest BCUT2D eigenvalue weighted by Gasteiger charge is 2.18. The van der Waals surface area contributed by atoms with E-state index in [0.29, 0.717) is 17.3 Å². The van der Waals surface area contributed by atoms with Crippen LogP contribution in [0.2, 0.25) is 0 Å². The number of carboxylic acids is 1. The van der Waals surface area contributed by atoms with Crippen LogP contribution in [0.25, 0.3) is 0 Å². The third kappa shape index (κ3) is 2.56. The van der Waals surface area contributed by atoms with E-state index in [1.807, 2.05) is 0 Å². The van der Waals surface area contributed by atoms with Gasteiger partial charge in [-0.25, -0.2) is 4.79 Å². The predicted octanol–water partition coefficient (Wildman–Crippen LogP) is 1.44. The molecule has 1 aliphatic rings. The molecule has 0 saturated heterocycles. The Morgan fingerprint density at radius 1 is 1.12 bits per heavy atom. The molecule has 5 nitrogen and oxygen atoms in total. The van der Waals surface area contributed by atoms with E-state index < -0.39 is 5.97 Å². The van der Waals surface area contributed by atoms with Crippen molar-refractivity contribution in [2.45, 2.75) is 6.42 Å². The highest BCUT2D eigenvalue weighted by molar-refractivity contribution is 5.87. The van der Waals surface area contributed by atoms with Gasteiger partial charge in [0.25, 0.3) is 0 Å². The van der Waals surface area contributed by atoms with Crippen LogP contribution in [0.5, 0.6) is 0 Å². The number of hydrogen-bond donors (Lipinski definition) is 1. The molecule has 0 spiro atoms. The number of aliphatic carboxylic acids is 1. The second-order valence-corrected chi connectivity index (χ2v) is 3.10. The molecule has 0 fully saturated rings. The van der Waals surface area contributed by atoms with E-state index in [2.05, 4.69) is 0 Å². The summed E-state index contributed by atoms with van der Waals surface area (Å²) < 4.78 is 15.2. The molecule has 0 heterocycles. The molecule has 0 aromatic carbocycles. The van der Waals surface area contributed by atoms with Crippen LogP contribution in [-0.2, 0) is 19.0 Å². The lowest BCUT2D eigenvalue weighted by Gasteiger charge is -2.06. The fourth-order valence-corrected chi connectivity index (χ4v) is 1.32. The largest absolute Gasteiger partial charge is 0.501 e. The molecule has 1 N–H and O–H groups in total. The zero-order valence-corrected chi connectivity index (χ0v) is 9.44. The monoisotopic (exact) mass is 226 g/mol. The van der Waals surface area contributed by atoms with Crippen LogP contribution in [-0.4, -0.2) is 32.4 Å². The minimum Gasteiger partial charge on any atom is -0.501 e. The molecule has 1 rings (SSSR count). The minimum absolute atomic E-state index is 0.192. The Morgan fingerprint density at radius 3 is 2.12 bits per heavy atom. The number of carbonyl (C=O) groups is 1. The van der Waals surface area contributed by atoms with Gasteiger partial charge in [0.05, 0.1) is 21.3 Å². The molecule has 88 valence electrons. The van der Waals surface area contributed by atoms with Gasteiger partial charge >= 0.3 is 5.97 Å². The van der Waals surface area contributed by atoms with Gasteiger partial charge in [0.1, 0.15) is 5.76 Å². The maximum atomic E-state index is 11.0. The summed E-state index contributed by atoms with van der Waals surface area (Å²) in [5.74, 6) is 0.315. The van der Waals surface area contributed by atoms with E-state index in [-0.39, 0.29) is 12.0 Å². The second-order valence-electron chi connectivity index (χ2n) is 3.10. The van der Waals surface area contributed by atoms with Gasteiger partial charge in [0.2, 0.25) is 0 Å². The van der Waals surface area contributed by atoms with Crippen molar-refractivity contribution in [1.29, 1.82) is 0 Å². The van der Waals surface area contributed by atoms with Gasteiger partial charge in [-0.2, -0.15) is 0 Å². The molecule has 0 amide bonds. The molecule has 0 saturated carbocycles. The molecule has 1 aliphatic carbocycles. The standard InChI is InChI=1S/C11H14O5/c1-14-8-4-7(11(12)13)5-9(15-2)10(6-8)16-3/h5-6H,4H2,1-3H3,(H,12,13). The normalized spacial score (nSPS) is 15.9. The molecule has 0 bridgehead atoms. The molecule has 0 radical (unpaired) electrons. The van der Waals surface area contributed by atoms with Gasteiger partial charge < -0.3 is 19.3 Å². The van der Waals surface area contributed by atoms with Crippen LogP contribution >= 0.6 is 0 Å². The Hall–Kier alpha value is -1.91. The summed E-state index contributed by atoms with van der Waals surface area (Å²) in [4.78, 5) is 11.0. The Morgan fingerprint density at radius 2 is 1.69 bits per heavy atom. The van der Waals surface area contributed by atoms with E-state index in [4.69, 9.17) is 19.3 Å². The SMILES string of the molecule is COC1=CC(OC)=C(OC)C=C(C(=O)O)C1. The van der Waals surface area contributed by atoms with Crippen molar-refractivity contribution < 1.29 is 24.1 Å². The van der Waals surface area contributed by atoms with Gasteiger partial charge in [-0.15, -0.1) is 0 Å². The smallest absolute Gasteiger partial charge is 0.332 e. The first-order chi connectivity index (χ1) is 7.62. The second kappa shape index (κ2) is 5.25. The Bertz CT molecular complexity index is 376. The van der Waals surface area contributed by atoms with Crippen molar-refractivity contribution >= 4 is 5.97 Å². The molecule has 0 aliphatic heterocycles. The number of carboxylic acid groups (broad SMARTS) is 1. The summed E-state index contributed by atoms with van der Waals surface area (Å²) in [6.45, 7) is 0. The zero-order chi connectivity index (χ0) is 12.1. The molecule has 0 atom stereocenters. The van der Waals surface area contributed by atoms with E-state index in [1.165, 1.54) is 27.4 Å². The lowest BCUT2D eigenvalue weighted by molar-refractivity contribution is -0.132. The fourth-order valence-electron chi connectivity index (χ4n) is 1.32. The van der Waals surface area contributed by atoms with Crippen LogP contribution in [0.4, 0.5) is 0 Å². The zero-order valence-electron chi connectivity index (χ0n) is 9.44. The van der Waals surface area contributed by atoms with Gasteiger partial charge in [-0.1, -0.05) is 0 Å². The fraction of sp³-hybridized carbons (Fsp3) is 0.364. The van der Waals surface area contributed by atoms with Crippen molar-refractivity contribution in [3.8, 4) is 0 Å². The summed E-state index contributed by atoms with van der Waals surface area (Å²) in [5.41, 5.74) is 0.192. The molecule has 16 heavy (non-hydrogen) atoms. The quantitative estimate of drug-likeness (QED) is 0.785. The Balaban J connectivity index is 3.22. The van der Waals surface area contributed by atoms with Crippen molar-refractivity contribution in [3.05, 3.63) is 35.0 Å². The van der Waals surface area contributed by atoms with Crippen molar-refractivity contribution in [2.75, 3.05) is 21.3 Å². The molecule has 0 aromatic rings. The summed E-state index contributed by atoms with van der Waals surface area (Å²) in [5, 5.41) is 8.98. The van der Waals surface area contributed by atoms with Crippen molar-refractivity contribution in [2.24, 2.45) is 0 Å². The van der Waals surface area contributed by atoms with E-state index in [0.717, 1.165) is 0 Å². The minimum atomic E-state index is -1.00.